The second kappa shape index (κ2) is 4.88. The van der Waals surface area contributed by atoms with Crippen molar-refractivity contribution < 1.29 is 4.39 Å². The van der Waals surface area contributed by atoms with Gasteiger partial charge in [-0.15, -0.1) is 0 Å². The SMILES string of the molecule is CC(C)C1CNC(C)(C)CN1c1ccccc1F. The second-order valence-corrected chi connectivity index (χ2v) is 6.16. The quantitative estimate of drug-likeness (QED) is 0.868. The topological polar surface area (TPSA) is 15.3 Å². The van der Waals surface area contributed by atoms with E-state index >= 15 is 0 Å². The van der Waals surface area contributed by atoms with Gasteiger partial charge in [-0.25, -0.2) is 4.39 Å². The van der Waals surface area contributed by atoms with E-state index in [4.69, 9.17) is 0 Å². The molecule has 1 fully saturated rings. The van der Waals surface area contributed by atoms with Crippen LogP contribution in [0.15, 0.2) is 24.3 Å². The number of rotatable bonds is 2. The van der Waals surface area contributed by atoms with Gasteiger partial charge < -0.3 is 10.2 Å². The summed E-state index contributed by atoms with van der Waals surface area (Å²) in [5.41, 5.74) is 0.749. The molecule has 1 aromatic carbocycles. The molecule has 0 aromatic heterocycles. The Morgan fingerprint density at radius 3 is 2.61 bits per heavy atom. The van der Waals surface area contributed by atoms with Gasteiger partial charge in [0.1, 0.15) is 5.82 Å². The van der Waals surface area contributed by atoms with Gasteiger partial charge in [0.05, 0.1) is 5.69 Å². The van der Waals surface area contributed by atoms with Gasteiger partial charge in [0.2, 0.25) is 0 Å². The van der Waals surface area contributed by atoms with Crippen LogP contribution < -0.4 is 10.2 Å². The zero-order valence-corrected chi connectivity index (χ0v) is 11.7. The van der Waals surface area contributed by atoms with E-state index in [-0.39, 0.29) is 11.4 Å². The number of piperazine rings is 1. The van der Waals surface area contributed by atoms with Crippen LogP contribution in [0.1, 0.15) is 27.7 Å². The molecule has 1 N–H and O–H groups in total. The molecule has 1 heterocycles. The molecule has 3 heteroatoms. The highest BCUT2D eigenvalue weighted by molar-refractivity contribution is 5.50. The van der Waals surface area contributed by atoms with Crippen LogP contribution in [0, 0.1) is 11.7 Å². The predicted molar refractivity (Wildman–Crippen MR) is 74.5 cm³/mol. The molecule has 1 atom stereocenters. The summed E-state index contributed by atoms with van der Waals surface area (Å²) in [6.45, 7) is 10.4. The summed E-state index contributed by atoms with van der Waals surface area (Å²) in [6, 6.07) is 7.42. The average molecular weight is 250 g/mol. The lowest BCUT2D eigenvalue weighted by atomic mass is 9.92. The highest BCUT2D eigenvalue weighted by Gasteiger charge is 2.34. The van der Waals surface area contributed by atoms with Gasteiger partial charge in [-0.3, -0.25) is 0 Å². The lowest BCUT2D eigenvalue weighted by Crippen LogP contribution is -2.63. The molecule has 1 aliphatic heterocycles. The zero-order chi connectivity index (χ0) is 13.3. The number of benzene rings is 1. The first kappa shape index (κ1) is 13.3. The maximum atomic E-state index is 14.0. The number of nitrogens with one attached hydrogen (secondary N) is 1. The number of anilines is 1. The van der Waals surface area contributed by atoms with Crippen LogP contribution in [0.4, 0.5) is 10.1 Å². The van der Waals surface area contributed by atoms with Crippen LogP contribution in [0.25, 0.3) is 0 Å². The first-order valence-corrected chi connectivity index (χ1v) is 6.67. The fraction of sp³-hybridized carbons (Fsp3) is 0.600. The zero-order valence-electron chi connectivity index (χ0n) is 11.7. The maximum absolute atomic E-state index is 14.0. The summed E-state index contributed by atoms with van der Waals surface area (Å²) in [7, 11) is 0. The molecular weight excluding hydrogens is 227 g/mol. The van der Waals surface area contributed by atoms with Crippen LogP contribution in [-0.4, -0.2) is 24.7 Å². The molecule has 1 aliphatic rings. The van der Waals surface area contributed by atoms with E-state index in [1.807, 2.05) is 12.1 Å². The van der Waals surface area contributed by atoms with Gasteiger partial charge in [-0.05, 0) is 31.9 Å². The fourth-order valence-electron chi connectivity index (χ4n) is 2.63. The molecule has 18 heavy (non-hydrogen) atoms. The molecule has 0 amide bonds. The maximum Gasteiger partial charge on any atom is 0.146 e. The van der Waals surface area contributed by atoms with E-state index < -0.39 is 0 Å². The molecule has 0 saturated carbocycles. The Morgan fingerprint density at radius 2 is 2.00 bits per heavy atom. The summed E-state index contributed by atoms with van der Waals surface area (Å²) in [5.74, 6) is 0.369. The first-order chi connectivity index (χ1) is 8.41. The van der Waals surface area contributed by atoms with E-state index in [0.29, 0.717) is 12.0 Å². The average Bonchev–Trinajstić information content (AvgIpc) is 2.27. The largest absolute Gasteiger partial charge is 0.363 e. The standard InChI is InChI=1S/C15H23FN2/c1-11(2)14-9-17-15(3,4)10-18(14)13-8-6-5-7-12(13)16/h5-8,11,14,17H,9-10H2,1-4H3. The fourth-order valence-corrected chi connectivity index (χ4v) is 2.63. The minimum atomic E-state index is -0.124. The van der Waals surface area contributed by atoms with Gasteiger partial charge in [0, 0.05) is 24.7 Å². The van der Waals surface area contributed by atoms with E-state index in [2.05, 4.69) is 37.9 Å². The van der Waals surface area contributed by atoms with Crippen molar-refractivity contribution in [1.82, 2.24) is 5.32 Å². The van der Waals surface area contributed by atoms with Crippen LogP contribution in [-0.2, 0) is 0 Å². The molecule has 0 bridgehead atoms. The Balaban J connectivity index is 2.33. The van der Waals surface area contributed by atoms with Crippen molar-refractivity contribution in [3.05, 3.63) is 30.1 Å². The van der Waals surface area contributed by atoms with Gasteiger partial charge in [-0.1, -0.05) is 26.0 Å². The van der Waals surface area contributed by atoms with Crippen LogP contribution in [0.2, 0.25) is 0 Å². The summed E-state index contributed by atoms with van der Waals surface area (Å²) in [6.07, 6.45) is 0. The lowest BCUT2D eigenvalue weighted by Gasteiger charge is -2.47. The van der Waals surface area contributed by atoms with E-state index in [1.165, 1.54) is 0 Å². The molecule has 0 aliphatic carbocycles. The van der Waals surface area contributed by atoms with Crippen molar-refractivity contribution in [2.75, 3.05) is 18.0 Å². The summed E-state index contributed by atoms with van der Waals surface area (Å²) >= 11 is 0. The Hall–Kier alpha value is -1.09. The molecule has 1 unspecified atom stereocenters. The molecule has 100 valence electrons. The predicted octanol–water partition coefficient (Wildman–Crippen LogP) is 3.04. The highest BCUT2D eigenvalue weighted by Crippen LogP contribution is 2.28. The summed E-state index contributed by atoms with van der Waals surface area (Å²) in [5, 5.41) is 3.54. The lowest BCUT2D eigenvalue weighted by molar-refractivity contribution is 0.275. The second-order valence-electron chi connectivity index (χ2n) is 6.16. The summed E-state index contributed by atoms with van der Waals surface area (Å²) in [4.78, 5) is 2.22. The molecule has 1 aromatic rings. The molecule has 2 nitrogen and oxygen atoms in total. The van der Waals surface area contributed by atoms with Gasteiger partial charge in [-0.2, -0.15) is 0 Å². The number of hydrogen-bond acceptors (Lipinski definition) is 2. The van der Waals surface area contributed by atoms with Crippen molar-refractivity contribution in [1.29, 1.82) is 0 Å². The third-order valence-electron chi connectivity index (χ3n) is 3.69. The minimum Gasteiger partial charge on any atom is -0.363 e. The molecule has 0 radical (unpaired) electrons. The third-order valence-corrected chi connectivity index (χ3v) is 3.69. The number of para-hydroxylation sites is 1. The molecular formula is C15H23FN2. The summed E-state index contributed by atoms with van der Waals surface area (Å²) < 4.78 is 14.0. The Morgan fingerprint density at radius 1 is 1.33 bits per heavy atom. The molecule has 0 spiro atoms. The number of halogens is 1. The normalized spacial score (nSPS) is 23.4. The van der Waals surface area contributed by atoms with E-state index in [0.717, 1.165) is 18.8 Å². The molecule has 2 rings (SSSR count). The van der Waals surface area contributed by atoms with Crippen LogP contribution in [0.5, 0.6) is 0 Å². The third kappa shape index (κ3) is 2.66. The van der Waals surface area contributed by atoms with Gasteiger partial charge in [0.25, 0.3) is 0 Å². The number of hydrogen-bond donors (Lipinski definition) is 1. The first-order valence-electron chi connectivity index (χ1n) is 6.67. The van der Waals surface area contributed by atoms with Crippen molar-refractivity contribution in [2.45, 2.75) is 39.3 Å². The minimum absolute atomic E-state index is 0.0215. The Kier molecular flexibility index (Phi) is 3.62. The van der Waals surface area contributed by atoms with Gasteiger partial charge >= 0.3 is 0 Å². The van der Waals surface area contributed by atoms with E-state index in [1.54, 1.807) is 12.1 Å². The van der Waals surface area contributed by atoms with E-state index in [9.17, 15) is 4.39 Å². The smallest absolute Gasteiger partial charge is 0.146 e. The van der Waals surface area contributed by atoms with Gasteiger partial charge in [0.15, 0.2) is 0 Å². The highest BCUT2D eigenvalue weighted by atomic mass is 19.1. The van der Waals surface area contributed by atoms with Crippen LogP contribution in [0.3, 0.4) is 0 Å². The van der Waals surface area contributed by atoms with Crippen LogP contribution >= 0.6 is 0 Å². The molecule has 1 saturated heterocycles. The number of nitrogens with zero attached hydrogens (tertiary/aromatic N) is 1. The van der Waals surface area contributed by atoms with Crippen molar-refractivity contribution in [3.63, 3.8) is 0 Å². The van der Waals surface area contributed by atoms with Crippen molar-refractivity contribution >= 4 is 5.69 Å². The Labute approximate surface area is 109 Å². The Bertz CT molecular complexity index is 415. The van der Waals surface area contributed by atoms with Crippen molar-refractivity contribution in [3.8, 4) is 0 Å². The monoisotopic (exact) mass is 250 g/mol. The van der Waals surface area contributed by atoms with Crippen molar-refractivity contribution in [2.24, 2.45) is 5.92 Å².